The summed E-state index contributed by atoms with van der Waals surface area (Å²) in [7, 11) is 1.55. The Hall–Kier alpha value is -3.28. The molecule has 26 heavy (non-hydrogen) atoms. The molecule has 2 aromatic carbocycles. The number of aromatic hydroxyl groups is 1. The van der Waals surface area contributed by atoms with Gasteiger partial charge in [0.25, 0.3) is 0 Å². The van der Waals surface area contributed by atoms with Crippen molar-refractivity contribution in [1.29, 1.82) is 0 Å². The van der Waals surface area contributed by atoms with Crippen molar-refractivity contribution in [3.8, 4) is 34.2 Å². The van der Waals surface area contributed by atoms with Crippen molar-refractivity contribution < 1.29 is 19.1 Å². The fourth-order valence-corrected chi connectivity index (χ4v) is 3.07. The van der Waals surface area contributed by atoms with Gasteiger partial charge in [-0.15, -0.1) is 0 Å². The van der Waals surface area contributed by atoms with Crippen LogP contribution in [0.2, 0.25) is 0 Å². The first-order chi connectivity index (χ1) is 12.7. The van der Waals surface area contributed by atoms with Gasteiger partial charge in [-0.2, -0.15) is 0 Å². The molecule has 0 aliphatic carbocycles. The number of carbonyl (C=O) groups is 1. The van der Waals surface area contributed by atoms with Gasteiger partial charge in [0, 0.05) is 18.5 Å². The van der Waals surface area contributed by atoms with Crippen molar-refractivity contribution in [3.63, 3.8) is 0 Å². The Bertz CT molecular complexity index is 950. The van der Waals surface area contributed by atoms with Crippen molar-refractivity contribution in [1.82, 2.24) is 4.98 Å². The van der Waals surface area contributed by atoms with Gasteiger partial charge in [-0.05, 0) is 24.6 Å². The highest BCUT2D eigenvalue weighted by molar-refractivity contribution is 5.97. The third kappa shape index (κ3) is 2.79. The maximum Gasteiger partial charge on any atom is 0.233 e. The van der Waals surface area contributed by atoms with Crippen molar-refractivity contribution in [2.75, 3.05) is 18.6 Å². The fraction of sp³-hybridized carbons (Fsp3) is 0.200. The van der Waals surface area contributed by atoms with Crippen LogP contribution < -0.4 is 9.64 Å². The second-order valence-corrected chi connectivity index (χ2v) is 6.07. The molecule has 6 heteroatoms. The van der Waals surface area contributed by atoms with Crippen LogP contribution >= 0.6 is 0 Å². The number of amides is 1. The number of anilines is 1. The van der Waals surface area contributed by atoms with Gasteiger partial charge in [0.15, 0.2) is 0 Å². The van der Waals surface area contributed by atoms with Gasteiger partial charge >= 0.3 is 0 Å². The molecule has 6 nitrogen and oxygen atoms in total. The lowest BCUT2D eigenvalue weighted by molar-refractivity contribution is -0.117. The van der Waals surface area contributed by atoms with E-state index in [0.29, 0.717) is 35.9 Å². The summed E-state index contributed by atoms with van der Waals surface area (Å²) in [4.78, 5) is 18.5. The molecule has 3 aromatic rings. The molecule has 0 saturated carbocycles. The van der Waals surface area contributed by atoms with Crippen LogP contribution in [0, 0.1) is 0 Å². The lowest BCUT2D eigenvalue weighted by Crippen LogP contribution is -2.23. The Morgan fingerprint density at radius 1 is 1.19 bits per heavy atom. The number of aromatic nitrogens is 1. The highest BCUT2D eigenvalue weighted by Gasteiger charge is 2.30. The van der Waals surface area contributed by atoms with Crippen LogP contribution in [-0.2, 0) is 4.79 Å². The molecule has 1 N–H and O–H groups in total. The van der Waals surface area contributed by atoms with Crippen LogP contribution in [0.4, 0.5) is 5.88 Å². The minimum Gasteiger partial charge on any atom is -0.507 e. The molecule has 1 amide bonds. The van der Waals surface area contributed by atoms with Crippen molar-refractivity contribution >= 4 is 11.8 Å². The van der Waals surface area contributed by atoms with E-state index in [-0.39, 0.29) is 17.5 Å². The maximum atomic E-state index is 12.2. The maximum absolute atomic E-state index is 12.2. The summed E-state index contributed by atoms with van der Waals surface area (Å²) in [5, 5.41) is 10.2. The lowest BCUT2D eigenvalue weighted by Gasteiger charge is -2.13. The van der Waals surface area contributed by atoms with Gasteiger partial charge in [0.05, 0.1) is 12.7 Å². The molecule has 0 unspecified atom stereocenters. The summed E-state index contributed by atoms with van der Waals surface area (Å²) in [6.45, 7) is 0.595. The SMILES string of the molecule is COc1ccc(O)c(-c2nc(-c3ccccc3)c(N3CCCC3=O)o2)c1. The number of nitrogens with zero attached hydrogens (tertiary/aromatic N) is 2. The number of hydrogen-bond donors (Lipinski definition) is 1. The monoisotopic (exact) mass is 350 g/mol. The first-order valence-corrected chi connectivity index (χ1v) is 8.41. The second kappa shape index (κ2) is 6.55. The van der Waals surface area contributed by atoms with E-state index >= 15 is 0 Å². The number of methoxy groups -OCH3 is 1. The molecule has 0 spiro atoms. The predicted octanol–water partition coefficient (Wildman–Crippen LogP) is 3.85. The molecular formula is C20H18N2O4. The number of oxazole rings is 1. The molecule has 2 heterocycles. The van der Waals surface area contributed by atoms with E-state index in [4.69, 9.17) is 9.15 Å². The zero-order valence-corrected chi connectivity index (χ0v) is 14.3. The van der Waals surface area contributed by atoms with Crippen LogP contribution in [0.15, 0.2) is 52.9 Å². The van der Waals surface area contributed by atoms with Gasteiger partial charge in [0.2, 0.25) is 17.7 Å². The van der Waals surface area contributed by atoms with Crippen molar-refractivity contribution in [2.24, 2.45) is 0 Å². The number of rotatable bonds is 4. The Kier molecular flexibility index (Phi) is 4.08. The quantitative estimate of drug-likeness (QED) is 0.773. The number of phenolic OH excluding ortho intramolecular Hbond substituents is 1. The number of hydrogen-bond acceptors (Lipinski definition) is 5. The van der Waals surface area contributed by atoms with Crippen LogP contribution in [0.3, 0.4) is 0 Å². The summed E-state index contributed by atoms with van der Waals surface area (Å²) in [5.41, 5.74) is 1.84. The third-order valence-corrected chi connectivity index (χ3v) is 4.41. The number of ether oxygens (including phenoxy) is 1. The predicted molar refractivity (Wildman–Crippen MR) is 97.2 cm³/mol. The van der Waals surface area contributed by atoms with E-state index in [1.165, 1.54) is 6.07 Å². The van der Waals surface area contributed by atoms with E-state index in [1.807, 2.05) is 30.3 Å². The summed E-state index contributed by atoms with van der Waals surface area (Å²) in [5.74, 6) is 1.28. The molecule has 0 atom stereocenters. The summed E-state index contributed by atoms with van der Waals surface area (Å²) < 4.78 is 11.2. The molecular weight excluding hydrogens is 332 g/mol. The van der Waals surface area contributed by atoms with Gasteiger partial charge < -0.3 is 14.3 Å². The van der Waals surface area contributed by atoms with Gasteiger partial charge in [-0.3, -0.25) is 9.69 Å². The standard InChI is InChI=1S/C20H18N2O4/c1-25-14-9-10-16(23)15(12-14)19-21-18(13-6-3-2-4-7-13)20(26-19)22-11-5-8-17(22)24/h2-4,6-7,9-10,12,23H,5,8,11H2,1H3. The third-order valence-electron chi connectivity index (χ3n) is 4.41. The first-order valence-electron chi connectivity index (χ1n) is 8.41. The fourth-order valence-electron chi connectivity index (χ4n) is 3.07. The lowest BCUT2D eigenvalue weighted by atomic mass is 10.1. The molecule has 0 radical (unpaired) electrons. The Labute approximate surface area is 150 Å². The highest BCUT2D eigenvalue weighted by atomic mass is 16.5. The first kappa shape index (κ1) is 16.2. The molecule has 1 aromatic heterocycles. The number of carbonyl (C=O) groups excluding carboxylic acids is 1. The summed E-state index contributed by atoms with van der Waals surface area (Å²) >= 11 is 0. The van der Waals surface area contributed by atoms with E-state index in [9.17, 15) is 9.90 Å². The minimum atomic E-state index is 0.0137. The molecule has 0 bridgehead atoms. The number of benzene rings is 2. The van der Waals surface area contributed by atoms with Crippen LogP contribution in [0.25, 0.3) is 22.7 Å². The molecule has 1 fully saturated rings. The molecule has 132 valence electrons. The topological polar surface area (TPSA) is 75.8 Å². The smallest absolute Gasteiger partial charge is 0.233 e. The Morgan fingerprint density at radius 2 is 2.00 bits per heavy atom. The van der Waals surface area contributed by atoms with Gasteiger partial charge in [-0.25, -0.2) is 4.98 Å². The largest absolute Gasteiger partial charge is 0.507 e. The average Bonchev–Trinajstić information content (AvgIpc) is 3.29. The summed E-state index contributed by atoms with van der Waals surface area (Å²) in [6, 6.07) is 14.4. The zero-order valence-electron chi connectivity index (χ0n) is 14.3. The van der Waals surface area contributed by atoms with Crippen LogP contribution in [0.1, 0.15) is 12.8 Å². The Morgan fingerprint density at radius 3 is 2.69 bits per heavy atom. The van der Waals surface area contributed by atoms with Gasteiger partial charge in [0.1, 0.15) is 17.2 Å². The normalized spacial score (nSPS) is 14.0. The highest BCUT2D eigenvalue weighted by Crippen LogP contribution is 2.40. The van der Waals surface area contributed by atoms with Gasteiger partial charge in [-0.1, -0.05) is 30.3 Å². The number of phenols is 1. The van der Waals surface area contributed by atoms with Crippen molar-refractivity contribution in [3.05, 3.63) is 48.5 Å². The van der Waals surface area contributed by atoms with Crippen molar-refractivity contribution in [2.45, 2.75) is 12.8 Å². The molecule has 1 aliphatic heterocycles. The van der Waals surface area contributed by atoms with Crippen LogP contribution in [0.5, 0.6) is 11.5 Å². The second-order valence-electron chi connectivity index (χ2n) is 6.07. The van der Waals surface area contributed by atoms with E-state index in [1.54, 1.807) is 24.1 Å². The average molecular weight is 350 g/mol. The van der Waals surface area contributed by atoms with E-state index < -0.39 is 0 Å². The summed E-state index contributed by atoms with van der Waals surface area (Å²) in [6.07, 6.45) is 1.28. The molecule has 1 aliphatic rings. The van der Waals surface area contributed by atoms with E-state index in [0.717, 1.165) is 12.0 Å². The minimum absolute atomic E-state index is 0.0137. The Balaban J connectivity index is 1.88. The van der Waals surface area contributed by atoms with Crippen LogP contribution in [-0.4, -0.2) is 29.7 Å². The molecule has 1 saturated heterocycles. The zero-order chi connectivity index (χ0) is 18.1. The van der Waals surface area contributed by atoms with E-state index in [2.05, 4.69) is 4.98 Å². The molecule has 4 rings (SSSR count).